The van der Waals surface area contributed by atoms with E-state index in [0.29, 0.717) is 5.92 Å². The molecule has 0 radical (unpaired) electrons. The predicted molar refractivity (Wildman–Crippen MR) is 100 cm³/mol. The molecule has 26 heavy (non-hydrogen) atoms. The van der Waals surface area contributed by atoms with Crippen molar-refractivity contribution in [2.45, 2.75) is 18.8 Å². The SMILES string of the molecule is CN1CCN(c2ccc(C(=O)N3CCC(c4ncn[nH]4)CC3)cc2)CC1. The lowest BCUT2D eigenvalue weighted by Crippen LogP contribution is -2.44. The van der Waals surface area contributed by atoms with Crippen LogP contribution < -0.4 is 4.90 Å². The molecule has 1 aromatic heterocycles. The van der Waals surface area contributed by atoms with Crippen molar-refractivity contribution < 1.29 is 4.79 Å². The maximum absolute atomic E-state index is 12.8. The third-order valence-corrected chi connectivity index (χ3v) is 5.59. The van der Waals surface area contributed by atoms with Crippen LogP contribution in [0.4, 0.5) is 5.69 Å². The quantitative estimate of drug-likeness (QED) is 0.906. The van der Waals surface area contributed by atoms with Crippen molar-refractivity contribution in [3.05, 3.63) is 42.0 Å². The topological polar surface area (TPSA) is 68.4 Å². The van der Waals surface area contributed by atoms with E-state index in [9.17, 15) is 4.79 Å². The van der Waals surface area contributed by atoms with Crippen LogP contribution in [-0.2, 0) is 0 Å². The molecule has 0 saturated carbocycles. The van der Waals surface area contributed by atoms with E-state index in [4.69, 9.17) is 0 Å². The number of aromatic nitrogens is 3. The average molecular weight is 354 g/mol. The number of anilines is 1. The summed E-state index contributed by atoms with van der Waals surface area (Å²) in [5, 5.41) is 6.88. The van der Waals surface area contributed by atoms with Gasteiger partial charge in [-0.1, -0.05) is 0 Å². The van der Waals surface area contributed by atoms with E-state index < -0.39 is 0 Å². The van der Waals surface area contributed by atoms with Crippen LogP contribution in [0.5, 0.6) is 0 Å². The van der Waals surface area contributed by atoms with Crippen LogP contribution in [0.15, 0.2) is 30.6 Å². The molecule has 4 rings (SSSR count). The number of likely N-dealkylation sites (N-methyl/N-ethyl adjacent to an activating group) is 1. The molecule has 2 fully saturated rings. The summed E-state index contributed by atoms with van der Waals surface area (Å²) >= 11 is 0. The maximum Gasteiger partial charge on any atom is 0.253 e. The van der Waals surface area contributed by atoms with Gasteiger partial charge in [-0.25, -0.2) is 4.98 Å². The summed E-state index contributed by atoms with van der Waals surface area (Å²) in [6.07, 6.45) is 3.41. The lowest BCUT2D eigenvalue weighted by Gasteiger charge is -2.34. The molecule has 2 aliphatic rings. The van der Waals surface area contributed by atoms with Crippen molar-refractivity contribution in [3.8, 4) is 0 Å². The number of amides is 1. The summed E-state index contributed by atoms with van der Waals surface area (Å²) in [4.78, 5) is 23.7. The molecule has 0 bridgehead atoms. The van der Waals surface area contributed by atoms with Crippen LogP contribution in [0.25, 0.3) is 0 Å². The highest BCUT2D eigenvalue weighted by Crippen LogP contribution is 2.26. The average Bonchev–Trinajstić information content (AvgIpc) is 3.23. The van der Waals surface area contributed by atoms with E-state index in [1.807, 2.05) is 17.0 Å². The number of piperidine rings is 1. The highest BCUT2D eigenvalue weighted by Gasteiger charge is 2.26. The van der Waals surface area contributed by atoms with E-state index in [2.05, 4.69) is 44.2 Å². The van der Waals surface area contributed by atoms with Gasteiger partial charge in [-0.2, -0.15) is 5.10 Å². The number of likely N-dealkylation sites (tertiary alicyclic amines) is 1. The number of hydrogen-bond acceptors (Lipinski definition) is 5. The van der Waals surface area contributed by atoms with E-state index in [1.54, 1.807) is 6.33 Å². The van der Waals surface area contributed by atoms with Crippen LogP contribution in [-0.4, -0.2) is 77.2 Å². The molecule has 0 aliphatic carbocycles. The molecule has 0 unspecified atom stereocenters. The van der Waals surface area contributed by atoms with E-state index >= 15 is 0 Å². The van der Waals surface area contributed by atoms with Gasteiger partial charge in [-0.15, -0.1) is 0 Å². The van der Waals surface area contributed by atoms with Gasteiger partial charge >= 0.3 is 0 Å². The first-order valence-corrected chi connectivity index (χ1v) is 9.39. The second-order valence-electron chi connectivity index (χ2n) is 7.27. The molecular formula is C19H26N6O. The van der Waals surface area contributed by atoms with Crippen LogP contribution >= 0.6 is 0 Å². The first-order valence-electron chi connectivity index (χ1n) is 9.39. The minimum Gasteiger partial charge on any atom is -0.369 e. The largest absolute Gasteiger partial charge is 0.369 e. The van der Waals surface area contributed by atoms with Crippen molar-refractivity contribution in [1.29, 1.82) is 0 Å². The molecule has 3 heterocycles. The maximum atomic E-state index is 12.8. The van der Waals surface area contributed by atoms with Gasteiger partial charge in [0.1, 0.15) is 12.2 Å². The molecule has 1 aromatic carbocycles. The monoisotopic (exact) mass is 354 g/mol. The Morgan fingerprint density at radius 3 is 2.35 bits per heavy atom. The van der Waals surface area contributed by atoms with Crippen molar-refractivity contribution >= 4 is 11.6 Å². The Kier molecular flexibility index (Phi) is 4.88. The zero-order valence-corrected chi connectivity index (χ0v) is 15.3. The minimum atomic E-state index is 0.131. The van der Waals surface area contributed by atoms with E-state index in [0.717, 1.165) is 63.5 Å². The van der Waals surface area contributed by atoms with Gasteiger partial charge in [0.15, 0.2) is 0 Å². The Morgan fingerprint density at radius 2 is 1.73 bits per heavy atom. The third-order valence-electron chi connectivity index (χ3n) is 5.59. The van der Waals surface area contributed by atoms with Crippen LogP contribution in [0, 0.1) is 0 Å². The minimum absolute atomic E-state index is 0.131. The Morgan fingerprint density at radius 1 is 1.04 bits per heavy atom. The van der Waals surface area contributed by atoms with Crippen LogP contribution in [0.2, 0.25) is 0 Å². The summed E-state index contributed by atoms with van der Waals surface area (Å²) in [6, 6.07) is 8.11. The van der Waals surface area contributed by atoms with Crippen LogP contribution in [0.1, 0.15) is 34.9 Å². The zero-order chi connectivity index (χ0) is 17.9. The highest BCUT2D eigenvalue weighted by molar-refractivity contribution is 5.94. The fourth-order valence-corrected chi connectivity index (χ4v) is 3.83. The summed E-state index contributed by atoms with van der Waals surface area (Å²) in [6.45, 7) is 5.79. The summed E-state index contributed by atoms with van der Waals surface area (Å²) in [5.74, 6) is 1.45. The molecule has 1 N–H and O–H groups in total. The molecule has 0 spiro atoms. The van der Waals surface area contributed by atoms with Gasteiger partial charge in [0.05, 0.1) is 0 Å². The molecule has 7 nitrogen and oxygen atoms in total. The Labute approximate surface area is 154 Å². The normalized spacial score (nSPS) is 19.7. The molecule has 1 amide bonds. The number of piperazine rings is 1. The van der Waals surface area contributed by atoms with Gasteiger partial charge in [0, 0.05) is 56.4 Å². The lowest BCUT2D eigenvalue weighted by molar-refractivity contribution is 0.0711. The second kappa shape index (κ2) is 7.45. The number of rotatable bonds is 3. The number of nitrogens with zero attached hydrogens (tertiary/aromatic N) is 5. The molecule has 138 valence electrons. The number of carbonyl (C=O) groups is 1. The highest BCUT2D eigenvalue weighted by atomic mass is 16.2. The van der Waals surface area contributed by atoms with Crippen molar-refractivity contribution in [3.63, 3.8) is 0 Å². The fraction of sp³-hybridized carbons (Fsp3) is 0.526. The first kappa shape index (κ1) is 17.0. The first-order chi connectivity index (χ1) is 12.7. The molecule has 0 atom stereocenters. The van der Waals surface area contributed by atoms with Gasteiger partial charge < -0.3 is 14.7 Å². The summed E-state index contributed by atoms with van der Waals surface area (Å²) in [5.41, 5.74) is 1.99. The number of nitrogens with one attached hydrogen (secondary N) is 1. The Balaban J connectivity index is 1.35. The van der Waals surface area contributed by atoms with Crippen molar-refractivity contribution in [2.75, 3.05) is 51.2 Å². The predicted octanol–water partition coefficient (Wildman–Crippen LogP) is 1.58. The Bertz CT molecular complexity index is 713. The third kappa shape index (κ3) is 3.58. The fourth-order valence-electron chi connectivity index (χ4n) is 3.83. The number of hydrogen-bond donors (Lipinski definition) is 1. The smallest absolute Gasteiger partial charge is 0.253 e. The number of aromatic amines is 1. The van der Waals surface area contributed by atoms with Gasteiger partial charge in [-0.05, 0) is 44.2 Å². The van der Waals surface area contributed by atoms with Crippen molar-refractivity contribution in [2.24, 2.45) is 0 Å². The van der Waals surface area contributed by atoms with Gasteiger partial charge in [0.2, 0.25) is 0 Å². The number of carbonyl (C=O) groups excluding carboxylic acids is 1. The zero-order valence-electron chi connectivity index (χ0n) is 15.3. The molecule has 2 aromatic rings. The molecule has 2 saturated heterocycles. The van der Waals surface area contributed by atoms with Crippen LogP contribution in [0.3, 0.4) is 0 Å². The molecule has 7 heteroatoms. The number of benzene rings is 1. The molecular weight excluding hydrogens is 328 g/mol. The summed E-state index contributed by atoms with van der Waals surface area (Å²) < 4.78 is 0. The standard InChI is InChI=1S/C19H26N6O/c1-23-10-12-24(13-11-23)17-4-2-16(3-5-17)19(26)25-8-6-15(7-9-25)18-20-14-21-22-18/h2-5,14-15H,6-13H2,1H3,(H,20,21,22). The van der Waals surface area contributed by atoms with Crippen molar-refractivity contribution in [1.82, 2.24) is 25.0 Å². The van der Waals surface area contributed by atoms with E-state index in [-0.39, 0.29) is 5.91 Å². The lowest BCUT2D eigenvalue weighted by atomic mass is 9.95. The Hall–Kier alpha value is -2.41. The second-order valence-corrected chi connectivity index (χ2v) is 7.27. The van der Waals surface area contributed by atoms with Gasteiger partial charge in [0.25, 0.3) is 5.91 Å². The van der Waals surface area contributed by atoms with E-state index in [1.165, 1.54) is 5.69 Å². The summed E-state index contributed by atoms with van der Waals surface area (Å²) in [7, 11) is 2.16. The molecule has 2 aliphatic heterocycles. The van der Waals surface area contributed by atoms with Gasteiger partial charge in [-0.3, -0.25) is 9.89 Å². The number of H-pyrrole nitrogens is 1.